The molecule has 5 aliphatic carbocycles. The highest BCUT2D eigenvalue weighted by molar-refractivity contribution is 5.80. The molecule has 8 fully saturated rings. The fraction of sp³-hybridized carbons (Fsp3) is 0.911. The first-order chi connectivity index (χ1) is 38.4. The van der Waals surface area contributed by atoms with Gasteiger partial charge in [0.2, 0.25) is 6.29 Å². The molecule has 0 unspecified atom stereocenters. The van der Waals surface area contributed by atoms with Gasteiger partial charge in [-0.05, 0) is 90.8 Å². The molecule has 13 N–H and O–H groups in total. The van der Waals surface area contributed by atoms with E-state index in [1.54, 1.807) is 6.92 Å². The van der Waals surface area contributed by atoms with Gasteiger partial charge in [0.15, 0.2) is 37.2 Å². The molecule has 0 radical (unpaired) electrons. The monoisotopic (exact) mass is 1180 g/mol. The highest BCUT2D eigenvalue weighted by Crippen LogP contribution is 2.76. The molecule has 4 saturated carbocycles. The van der Waals surface area contributed by atoms with Gasteiger partial charge in [0.1, 0.15) is 72.6 Å². The summed E-state index contributed by atoms with van der Waals surface area (Å²) in [7, 11) is 0. The van der Waals surface area contributed by atoms with Crippen LogP contribution in [0.25, 0.3) is 0 Å². The standard InChI is InChI=1S/C56H88O26/c1-23(60)75-31-21-74-47(42(71)43(31)76-24(2)61)82-50(72)56-14-13-51(3,4)15-26(56)25-9-10-33-52(5)16-27(62)45(81-48-41(70)38(67)36(65)29(18-57)77-48)53(6,22-59)32(52)11-12-54(33,7)55(25,8)17-34(56)79-49-44(39(68)37(66)30(19-58)78-49)80-46-40(69)35(64)28(63)20-73-46/h9,26-49,57-59,62-71H,10-22H2,1-8H3/t26-,27-,28-,29+,30+,31-,32+,33+,34+,35-,36+,37+,38-,39-,40+,41+,42+,43-,44+,45-,46-,47-,48-,49-,52-,53-,54+,55+,56+/m0/s1. The first-order valence-corrected chi connectivity index (χ1v) is 28.8. The van der Waals surface area contributed by atoms with E-state index in [4.69, 9.17) is 47.4 Å². The van der Waals surface area contributed by atoms with Gasteiger partial charge in [0.05, 0.1) is 51.3 Å². The van der Waals surface area contributed by atoms with E-state index >= 15 is 4.79 Å². The third-order valence-corrected chi connectivity index (χ3v) is 21.3. The zero-order valence-electron chi connectivity index (χ0n) is 47.7. The molecule has 0 bridgehead atoms. The van der Waals surface area contributed by atoms with Crippen LogP contribution in [0, 0.1) is 50.2 Å². The fourth-order valence-corrected chi connectivity index (χ4v) is 16.8. The molecule has 4 heterocycles. The average Bonchev–Trinajstić information content (AvgIpc) is 0.972. The Hall–Kier alpha value is -2.65. The minimum Gasteiger partial charge on any atom is -0.456 e. The Kier molecular flexibility index (Phi) is 18.3. The molecule has 0 aromatic carbocycles. The van der Waals surface area contributed by atoms with Crippen LogP contribution in [0.5, 0.6) is 0 Å². The Morgan fingerprint density at radius 2 is 1.21 bits per heavy atom. The number of aliphatic hydroxyl groups excluding tert-OH is 13. The van der Waals surface area contributed by atoms with Crippen LogP contribution in [-0.4, -0.2) is 246 Å². The summed E-state index contributed by atoms with van der Waals surface area (Å²) in [6.45, 7) is 11.5. The van der Waals surface area contributed by atoms with Crippen molar-refractivity contribution in [1.82, 2.24) is 0 Å². The van der Waals surface area contributed by atoms with Crippen molar-refractivity contribution in [1.29, 1.82) is 0 Å². The number of fused-ring (bicyclic) bond motifs is 7. The minimum absolute atomic E-state index is 0.00241. The minimum atomic E-state index is -1.93. The number of carbonyl (C=O) groups excluding carboxylic acids is 3. The highest BCUT2D eigenvalue weighted by Gasteiger charge is 2.74. The second kappa shape index (κ2) is 23.5. The van der Waals surface area contributed by atoms with Gasteiger partial charge in [-0.3, -0.25) is 14.4 Å². The number of allylic oxidation sites excluding steroid dienone is 2. The van der Waals surface area contributed by atoms with Crippen LogP contribution < -0.4 is 0 Å². The average molecular weight is 1180 g/mol. The normalized spacial score (nSPS) is 51.9. The highest BCUT2D eigenvalue weighted by atomic mass is 16.8. The molecule has 0 aromatic rings. The number of carbonyl (C=O) groups is 3. The molecule has 29 atom stereocenters. The second-order valence-electron chi connectivity index (χ2n) is 26.7. The third-order valence-electron chi connectivity index (χ3n) is 21.3. The van der Waals surface area contributed by atoms with Crippen LogP contribution >= 0.6 is 0 Å². The van der Waals surface area contributed by atoms with Gasteiger partial charge in [-0.1, -0.05) is 53.2 Å². The molecule has 82 heavy (non-hydrogen) atoms. The lowest BCUT2D eigenvalue weighted by Crippen LogP contribution is -2.71. The molecule has 26 nitrogen and oxygen atoms in total. The van der Waals surface area contributed by atoms with Gasteiger partial charge in [0.25, 0.3) is 0 Å². The topological polar surface area (TPSA) is 407 Å². The van der Waals surface area contributed by atoms with E-state index in [0.717, 1.165) is 19.4 Å². The Bertz CT molecular complexity index is 2340. The lowest BCUT2D eigenvalue weighted by Gasteiger charge is -2.72. The zero-order valence-corrected chi connectivity index (χ0v) is 47.7. The van der Waals surface area contributed by atoms with E-state index in [0.29, 0.717) is 32.1 Å². The van der Waals surface area contributed by atoms with Crippen molar-refractivity contribution in [2.45, 2.75) is 236 Å². The van der Waals surface area contributed by atoms with E-state index in [9.17, 15) is 76.0 Å². The molecular formula is C56H88O26. The first-order valence-electron chi connectivity index (χ1n) is 28.8. The molecule has 9 aliphatic rings. The van der Waals surface area contributed by atoms with E-state index in [1.165, 1.54) is 0 Å². The van der Waals surface area contributed by atoms with Gasteiger partial charge < -0.3 is 114 Å². The summed E-state index contributed by atoms with van der Waals surface area (Å²) < 4.78 is 60.3. The summed E-state index contributed by atoms with van der Waals surface area (Å²) in [6.07, 6.45) is -29.6. The summed E-state index contributed by atoms with van der Waals surface area (Å²) >= 11 is 0. The predicted octanol–water partition coefficient (Wildman–Crippen LogP) is -2.70. The van der Waals surface area contributed by atoms with E-state index in [-0.39, 0.29) is 31.1 Å². The van der Waals surface area contributed by atoms with Crippen LogP contribution in [0.1, 0.15) is 107 Å². The Labute approximate surface area is 475 Å². The molecular weight excluding hydrogens is 1090 g/mol. The van der Waals surface area contributed by atoms with Crippen molar-refractivity contribution < 1.29 is 128 Å². The molecule has 0 aromatic heterocycles. The number of esters is 3. The lowest BCUT2D eigenvalue weighted by atomic mass is 9.33. The summed E-state index contributed by atoms with van der Waals surface area (Å²) in [6, 6.07) is 0. The quantitative estimate of drug-likeness (QED) is 0.0386. The smallest absolute Gasteiger partial charge is 0.317 e. The van der Waals surface area contributed by atoms with E-state index in [1.807, 2.05) is 0 Å². The maximum absolute atomic E-state index is 16.0. The van der Waals surface area contributed by atoms with Gasteiger partial charge in [0, 0.05) is 19.3 Å². The SMILES string of the molecule is CC(=O)O[C@@H]1[C@@H](O)[C@H](OC(=O)[C@]23CCC(C)(C)C[C@H]2C2=CC[C@@H]4[C@@]5(C)C[C@H](O)[C@H](O[C@@H]6O[C@H](CO)[C@@H](O)[C@H](O)[C@H]6O)[C@@](C)(CO)[C@@H]5CC[C@@]4(C)[C@]2(C)C[C@H]3O[C@@H]2O[C@H](CO)[C@@H](O)[C@H](O)[C@H]2O[C@@H]2OC[C@H](O)[C@H](O)[C@H]2O)OC[C@@H]1OC(C)=O. The number of hydrogen-bond acceptors (Lipinski definition) is 26. The van der Waals surface area contributed by atoms with Crippen molar-refractivity contribution in [2.75, 3.05) is 33.0 Å². The second-order valence-corrected chi connectivity index (χ2v) is 26.7. The van der Waals surface area contributed by atoms with E-state index < -0.39 is 218 Å². The maximum Gasteiger partial charge on any atom is 0.317 e. The van der Waals surface area contributed by atoms with Gasteiger partial charge in [-0.15, -0.1) is 0 Å². The molecule has 0 spiro atoms. The summed E-state index contributed by atoms with van der Waals surface area (Å²) in [5.74, 6) is -3.89. The van der Waals surface area contributed by atoms with Crippen molar-refractivity contribution in [2.24, 2.45) is 50.2 Å². The Morgan fingerprint density at radius 3 is 1.84 bits per heavy atom. The fourth-order valence-electron chi connectivity index (χ4n) is 16.8. The third kappa shape index (κ3) is 10.6. The zero-order chi connectivity index (χ0) is 60.1. The maximum atomic E-state index is 16.0. The largest absolute Gasteiger partial charge is 0.456 e. The van der Waals surface area contributed by atoms with Crippen molar-refractivity contribution in [3.05, 3.63) is 11.6 Å². The van der Waals surface area contributed by atoms with Crippen LogP contribution in [0.15, 0.2) is 11.6 Å². The number of hydrogen-bond donors (Lipinski definition) is 13. The Balaban J connectivity index is 1.13. The molecule has 4 aliphatic heterocycles. The number of rotatable bonds is 13. The van der Waals surface area contributed by atoms with Crippen LogP contribution in [0.3, 0.4) is 0 Å². The van der Waals surface area contributed by atoms with E-state index in [2.05, 4.69) is 40.7 Å². The van der Waals surface area contributed by atoms with Crippen LogP contribution in [0.2, 0.25) is 0 Å². The molecule has 9 rings (SSSR count). The van der Waals surface area contributed by atoms with Crippen molar-refractivity contribution in [3.63, 3.8) is 0 Å². The molecule has 4 saturated heterocycles. The van der Waals surface area contributed by atoms with Gasteiger partial charge >= 0.3 is 17.9 Å². The molecule has 468 valence electrons. The lowest BCUT2D eigenvalue weighted by molar-refractivity contribution is -0.371. The van der Waals surface area contributed by atoms with Gasteiger partial charge in [-0.25, -0.2) is 0 Å². The van der Waals surface area contributed by atoms with Crippen LogP contribution in [-0.2, 0) is 61.8 Å². The number of aliphatic hydroxyl groups is 13. The van der Waals surface area contributed by atoms with Gasteiger partial charge in [-0.2, -0.15) is 0 Å². The summed E-state index contributed by atoms with van der Waals surface area (Å²) in [5.41, 5.74) is -4.96. The number of ether oxygens (including phenoxy) is 10. The first kappa shape index (κ1) is 63.8. The van der Waals surface area contributed by atoms with Crippen molar-refractivity contribution in [3.8, 4) is 0 Å². The predicted molar refractivity (Wildman–Crippen MR) is 274 cm³/mol. The van der Waals surface area contributed by atoms with Crippen molar-refractivity contribution >= 4 is 17.9 Å². The summed E-state index contributed by atoms with van der Waals surface area (Å²) in [4.78, 5) is 40.5. The van der Waals surface area contributed by atoms with Crippen LogP contribution in [0.4, 0.5) is 0 Å². The summed E-state index contributed by atoms with van der Waals surface area (Å²) in [5, 5.41) is 144. The molecule has 0 amide bonds. The molecule has 26 heteroatoms. The Morgan fingerprint density at radius 1 is 0.585 bits per heavy atom.